The van der Waals surface area contributed by atoms with Gasteiger partial charge in [-0.2, -0.15) is 0 Å². The summed E-state index contributed by atoms with van der Waals surface area (Å²) < 4.78 is 0. The van der Waals surface area contributed by atoms with E-state index in [0.717, 1.165) is 0 Å². The summed E-state index contributed by atoms with van der Waals surface area (Å²) >= 11 is 0. The number of hydrogen-bond acceptors (Lipinski definition) is 3. The van der Waals surface area contributed by atoms with E-state index in [1.807, 2.05) is 0 Å². The van der Waals surface area contributed by atoms with E-state index < -0.39 is 0 Å². The van der Waals surface area contributed by atoms with Crippen molar-refractivity contribution in [3.05, 3.63) is 29.8 Å². The Morgan fingerprint density at radius 3 is 2.67 bits per heavy atom. The molecule has 1 amide bonds. The lowest BCUT2D eigenvalue weighted by molar-refractivity contribution is -0.116. The van der Waals surface area contributed by atoms with E-state index in [4.69, 9.17) is 10.2 Å². The average Bonchev–Trinajstić information content (AvgIpc) is 2.27. The molecule has 0 saturated heterocycles. The molecule has 0 aliphatic heterocycles. The SMILES string of the molecule is O=C(CCCO)Nc1ccccc1CO. The quantitative estimate of drug-likeness (QED) is 0.674. The van der Waals surface area contributed by atoms with Crippen molar-refractivity contribution in [3.8, 4) is 0 Å². The molecule has 4 nitrogen and oxygen atoms in total. The van der Waals surface area contributed by atoms with Crippen LogP contribution >= 0.6 is 0 Å². The van der Waals surface area contributed by atoms with E-state index in [-0.39, 0.29) is 25.5 Å². The van der Waals surface area contributed by atoms with Crippen molar-refractivity contribution >= 4 is 11.6 Å². The fourth-order valence-electron chi connectivity index (χ4n) is 1.23. The van der Waals surface area contributed by atoms with Crippen LogP contribution in [0.15, 0.2) is 24.3 Å². The van der Waals surface area contributed by atoms with Gasteiger partial charge in [-0.1, -0.05) is 18.2 Å². The monoisotopic (exact) mass is 209 g/mol. The molecular weight excluding hydrogens is 194 g/mol. The molecule has 0 unspecified atom stereocenters. The number of carbonyl (C=O) groups is 1. The molecule has 15 heavy (non-hydrogen) atoms. The Balaban J connectivity index is 2.59. The highest BCUT2D eigenvalue weighted by molar-refractivity contribution is 5.91. The second-order valence-electron chi connectivity index (χ2n) is 3.19. The van der Waals surface area contributed by atoms with Gasteiger partial charge in [0.15, 0.2) is 0 Å². The second-order valence-corrected chi connectivity index (χ2v) is 3.19. The first kappa shape index (κ1) is 11.7. The number of hydrogen-bond donors (Lipinski definition) is 3. The predicted octanol–water partition coefficient (Wildman–Crippen LogP) is 0.890. The topological polar surface area (TPSA) is 69.6 Å². The zero-order valence-electron chi connectivity index (χ0n) is 8.44. The molecule has 0 aliphatic rings. The minimum Gasteiger partial charge on any atom is -0.396 e. The van der Waals surface area contributed by atoms with Gasteiger partial charge in [-0.3, -0.25) is 4.79 Å². The maximum atomic E-state index is 11.3. The summed E-state index contributed by atoms with van der Waals surface area (Å²) in [6, 6.07) is 7.08. The standard InChI is InChI=1S/C11H15NO3/c13-7-3-6-11(15)12-10-5-2-1-4-9(10)8-14/h1-2,4-5,13-14H,3,6-8H2,(H,12,15). The Labute approximate surface area is 88.6 Å². The fourth-order valence-corrected chi connectivity index (χ4v) is 1.23. The molecule has 0 bridgehead atoms. The van der Waals surface area contributed by atoms with E-state index in [9.17, 15) is 4.79 Å². The van der Waals surface area contributed by atoms with Crippen molar-refractivity contribution < 1.29 is 15.0 Å². The maximum absolute atomic E-state index is 11.3. The Hall–Kier alpha value is -1.39. The number of aliphatic hydroxyl groups excluding tert-OH is 2. The van der Waals surface area contributed by atoms with Crippen LogP contribution in [0.2, 0.25) is 0 Å². The Kier molecular flexibility index (Phi) is 4.80. The van der Waals surface area contributed by atoms with Crippen LogP contribution in [0.25, 0.3) is 0 Å². The number of amides is 1. The van der Waals surface area contributed by atoms with E-state index in [1.165, 1.54) is 0 Å². The van der Waals surface area contributed by atoms with E-state index in [0.29, 0.717) is 17.7 Å². The van der Waals surface area contributed by atoms with Gasteiger partial charge in [0.25, 0.3) is 0 Å². The van der Waals surface area contributed by atoms with Crippen molar-refractivity contribution in [2.45, 2.75) is 19.4 Å². The van der Waals surface area contributed by atoms with Crippen molar-refractivity contribution in [1.82, 2.24) is 0 Å². The normalized spacial score (nSPS) is 10.0. The third kappa shape index (κ3) is 3.69. The molecule has 0 atom stereocenters. The van der Waals surface area contributed by atoms with Crippen molar-refractivity contribution in [3.63, 3.8) is 0 Å². The largest absolute Gasteiger partial charge is 0.396 e. The van der Waals surface area contributed by atoms with Gasteiger partial charge in [0.05, 0.1) is 6.61 Å². The van der Waals surface area contributed by atoms with Crippen molar-refractivity contribution in [2.24, 2.45) is 0 Å². The summed E-state index contributed by atoms with van der Waals surface area (Å²) in [6.07, 6.45) is 0.739. The number of anilines is 1. The van der Waals surface area contributed by atoms with E-state index in [2.05, 4.69) is 5.32 Å². The molecule has 1 aromatic carbocycles. The first-order valence-corrected chi connectivity index (χ1v) is 4.87. The number of carbonyl (C=O) groups excluding carboxylic acids is 1. The molecule has 0 radical (unpaired) electrons. The van der Waals surface area contributed by atoms with Crippen LogP contribution in [0.5, 0.6) is 0 Å². The lowest BCUT2D eigenvalue weighted by atomic mass is 10.2. The third-order valence-electron chi connectivity index (χ3n) is 2.02. The molecule has 0 aliphatic carbocycles. The summed E-state index contributed by atoms with van der Waals surface area (Å²) in [5, 5.41) is 20.3. The zero-order chi connectivity index (χ0) is 11.1. The summed E-state index contributed by atoms with van der Waals surface area (Å²) in [6.45, 7) is -0.0917. The summed E-state index contributed by atoms with van der Waals surface area (Å²) in [4.78, 5) is 11.3. The first-order valence-electron chi connectivity index (χ1n) is 4.87. The van der Waals surface area contributed by atoms with Crippen molar-refractivity contribution in [1.29, 1.82) is 0 Å². The highest BCUT2D eigenvalue weighted by Gasteiger charge is 2.04. The summed E-state index contributed by atoms with van der Waals surface area (Å²) in [5.74, 6) is -0.148. The molecule has 4 heteroatoms. The minimum absolute atomic E-state index is 0.00899. The number of nitrogens with one attached hydrogen (secondary N) is 1. The molecule has 0 heterocycles. The highest BCUT2D eigenvalue weighted by Crippen LogP contribution is 2.14. The van der Waals surface area contributed by atoms with Gasteiger partial charge in [0, 0.05) is 24.3 Å². The van der Waals surface area contributed by atoms with Gasteiger partial charge in [0.1, 0.15) is 0 Å². The third-order valence-corrected chi connectivity index (χ3v) is 2.02. The van der Waals surface area contributed by atoms with Crippen LogP contribution in [-0.4, -0.2) is 22.7 Å². The lowest BCUT2D eigenvalue weighted by Gasteiger charge is -2.08. The van der Waals surface area contributed by atoms with Gasteiger partial charge in [-0.25, -0.2) is 0 Å². The van der Waals surface area contributed by atoms with Crippen LogP contribution in [-0.2, 0) is 11.4 Å². The van der Waals surface area contributed by atoms with Gasteiger partial charge < -0.3 is 15.5 Å². The van der Waals surface area contributed by atoms with Crippen LogP contribution < -0.4 is 5.32 Å². The molecule has 0 spiro atoms. The molecule has 0 saturated carbocycles. The fraction of sp³-hybridized carbons (Fsp3) is 0.364. The van der Waals surface area contributed by atoms with E-state index in [1.54, 1.807) is 24.3 Å². The van der Waals surface area contributed by atoms with Gasteiger partial charge in [-0.15, -0.1) is 0 Å². The number of rotatable bonds is 5. The van der Waals surface area contributed by atoms with Crippen LogP contribution in [0.1, 0.15) is 18.4 Å². The molecule has 0 aromatic heterocycles. The molecule has 1 rings (SSSR count). The van der Waals surface area contributed by atoms with Gasteiger partial charge >= 0.3 is 0 Å². The smallest absolute Gasteiger partial charge is 0.224 e. The van der Waals surface area contributed by atoms with E-state index >= 15 is 0 Å². The molecule has 1 aromatic rings. The summed E-state index contributed by atoms with van der Waals surface area (Å²) in [5.41, 5.74) is 1.32. The van der Waals surface area contributed by atoms with Crippen LogP contribution in [0.4, 0.5) is 5.69 Å². The lowest BCUT2D eigenvalue weighted by Crippen LogP contribution is -2.13. The minimum atomic E-state index is -0.148. The zero-order valence-corrected chi connectivity index (χ0v) is 8.44. The number of aliphatic hydroxyl groups is 2. The first-order chi connectivity index (χ1) is 7.27. The van der Waals surface area contributed by atoms with Crippen molar-refractivity contribution in [2.75, 3.05) is 11.9 Å². The Morgan fingerprint density at radius 1 is 1.27 bits per heavy atom. The Morgan fingerprint density at radius 2 is 2.00 bits per heavy atom. The van der Waals surface area contributed by atoms with Crippen LogP contribution in [0.3, 0.4) is 0 Å². The second kappa shape index (κ2) is 6.16. The predicted molar refractivity (Wildman–Crippen MR) is 57.3 cm³/mol. The number of para-hydroxylation sites is 1. The van der Waals surface area contributed by atoms with Gasteiger partial charge in [0.2, 0.25) is 5.91 Å². The number of benzene rings is 1. The maximum Gasteiger partial charge on any atom is 0.224 e. The highest BCUT2D eigenvalue weighted by atomic mass is 16.3. The average molecular weight is 209 g/mol. The summed E-state index contributed by atoms with van der Waals surface area (Å²) in [7, 11) is 0. The Bertz CT molecular complexity index is 325. The molecule has 0 fully saturated rings. The molecule has 3 N–H and O–H groups in total. The molecular formula is C11H15NO3. The van der Waals surface area contributed by atoms with Gasteiger partial charge in [-0.05, 0) is 12.5 Å². The van der Waals surface area contributed by atoms with Crippen LogP contribution in [0, 0.1) is 0 Å². The molecule has 82 valence electrons.